The van der Waals surface area contributed by atoms with Crippen LogP contribution in [0.25, 0.3) is 11.1 Å². The summed E-state index contributed by atoms with van der Waals surface area (Å²) in [6.07, 6.45) is 1.62. The number of alkyl carbamates (subject to hydrolysis) is 1. The summed E-state index contributed by atoms with van der Waals surface area (Å²) in [6, 6.07) is 14.7. The molecule has 0 saturated carbocycles. The van der Waals surface area contributed by atoms with Crippen LogP contribution in [-0.2, 0) is 19.1 Å². The van der Waals surface area contributed by atoms with Crippen LogP contribution < -0.4 is 10.6 Å². The van der Waals surface area contributed by atoms with Gasteiger partial charge in [0, 0.05) is 5.92 Å². The molecule has 1 fully saturated rings. The number of thioether (sulfide) groups is 1. The largest absolute Gasteiger partial charge is 0.481 e. The zero-order valence-corrected chi connectivity index (χ0v) is 19.7. The highest BCUT2D eigenvalue weighted by Crippen LogP contribution is 2.44. The van der Waals surface area contributed by atoms with Gasteiger partial charge in [0.1, 0.15) is 18.6 Å². The zero-order valence-electron chi connectivity index (χ0n) is 18.9. The van der Waals surface area contributed by atoms with Crippen LogP contribution in [0.3, 0.4) is 0 Å². The highest BCUT2D eigenvalue weighted by molar-refractivity contribution is 7.98. The molecule has 0 aromatic heterocycles. The Kier molecular flexibility index (Phi) is 7.74. The van der Waals surface area contributed by atoms with Crippen LogP contribution >= 0.6 is 11.8 Å². The van der Waals surface area contributed by atoms with Crippen molar-refractivity contribution in [1.82, 2.24) is 10.6 Å². The summed E-state index contributed by atoms with van der Waals surface area (Å²) in [6.45, 7) is 0.326. The van der Waals surface area contributed by atoms with E-state index in [0.717, 1.165) is 22.3 Å². The average molecular weight is 485 g/mol. The number of hydrogen-bond acceptors (Lipinski definition) is 6. The van der Waals surface area contributed by atoms with Crippen LogP contribution in [0.5, 0.6) is 0 Å². The summed E-state index contributed by atoms with van der Waals surface area (Å²) in [4.78, 5) is 36.9. The standard InChI is InChI=1S/C25H28N2O6S/c1-34-11-10-21(23(28)26-22-14-32-12-20(22)24(29)30)27-25(31)33-13-19-17-8-4-2-6-15(17)16-7-3-5-9-18(16)19/h2-9,19-22H,10-14H2,1H3,(H,26,28)(H,27,31)(H,29,30)/t20?,21-,22?/m0/s1. The Hall–Kier alpha value is -3.04. The van der Waals surface area contributed by atoms with Crippen molar-refractivity contribution in [3.63, 3.8) is 0 Å². The third-order valence-electron chi connectivity index (χ3n) is 6.29. The molecular formula is C25H28N2O6S. The van der Waals surface area contributed by atoms with E-state index in [9.17, 15) is 19.5 Å². The minimum atomic E-state index is -1.02. The van der Waals surface area contributed by atoms with Crippen LogP contribution in [0.2, 0.25) is 0 Å². The highest BCUT2D eigenvalue weighted by Gasteiger charge is 2.36. The smallest absolute Gasteiger partial charge is 0.407 e. The lowest BCUT2D eigenvalue weighted by Gasteiger charge is -2.22. The highest BCUT2D eigenvalue weighted by atomic mass is 32.2. The molecular weight excluding hydrogens is 456 g/mol. The molecule has 1 saturated heterocycles. The van der Waals surface area contributed by atoms with Gasteiger partial charge in [0.05, 0.1) is 19.3 Å². The van der Waals surface area contributed by atoms with Gasteiger partial charge >= 0.3 is 12.1 Å². The molecule has 2 aliphatic rings. The molecule has 4 rings (SSSR count). The summed E-state index contributed by atoms with van der Waals surface area (Å²) < 4.78 is 10.8. The Morgan fingerprint density at radius 1 is 1.09 bits per heavy atom. The third kappa shape index (κ3) is 5.20. The van der Waals surface area contributed by atoms with Gasteiger partial charge in [-0.1, -0.05) is 48.5 Å². The van der Waals surface area contributed by atoms with Crippen LogP contribution in [0, 0.1) is 5.92 Å². The number of nitrogens with one attached hydrogen (secondary N) is 2. The fraction of sp³-hybridized carbons (Fsp3) is 0.400. The molecule has 9 heteroatoms. The maximum absolute atomic E-state index is 12.9. The molecule has 0 radical (unpaired) electrons. The molecule has 8 nitrogen and oxygen atoms in total. The fourth-order valence-corrected chi connectivity index (χ4v) is 4.98. The van der Waals surface area contributed by atoms with E-state index >= 15 is 0 Å². The van der Waals surface area contributed by atoms with Crippen molar-refractivity contribution >= 4 is 29.7 Å². The van der Waals surface area contributed by atoms with Gasteiger partial charge in [-0.3, -0.25) is 9.59 Å². The average Bonchev–Trinajstić information content (AvgIpc) is 3.43. The molecule has 2 unspecified atom stereocenters. The Morgan fingerprint density at radius 3 is 2.35 bits per heavy atom. The minimum Gasteiger partial charge on any atom is -0.481 e. The van der Waals surface area contributed by atoms with E-state index < -0.39 is 36.0 Å². The van der Waals surface area contributed by atoms with Gasteiger partial charge in [0.15, 0.2) is 0 Å². The van der Waals surface area contributed by atoms with Crippen molar-refractivity contribution in [3.05, 3.63) is 59.7 Å². The van der Waals surface area contributed by atoms with E-state index in [1.165, 1.54) is 0 Å². The summed E-state index contributed by atoms with van der Waals surface area (Å²) in [5.41, 5.74) is 4.48. The summed E-state index contributed by atoms with van der Waals surface area (Å²) in [5.74, 6) is -1.70. The van der Waals surface area contributed by atoms with Gasteiger partial charge in [-0.2, -0.15) is 11.8 Å². The van der Waals surface area contributed by atoms with Crippen LogP contribution in [-0.4, -0.2) is 67.0 Å². The summed E-state index contributed by atoms with van der Waals surface area (Å²) in [7, 11) is 0. The lowest BCUT2D eigenvalue weighted by molar-refractivity contribution is -0.142. The normalized spacial score (nSPS) is 19.7. The molecule has 3 N–H and O–H groups in total. The molecule has 1 aliphatic carbocycles. The van der Waals surface area contributed by atoms with E-state index in [4.69, 9.17) is 9.47 Å². The number of hydrogen-bond donors (Lipinski definition) is 3. The second kappa shape index (κ2) is 10.9. The fourth-order valence-electron chi connectivity index (χ4n) is 4.51. The lowest BCUT2D eigenvalue weighted by atomic mass is 9.98. The maximum atomic E-state index is 12.9. The van der Waals surface area contributed by atoms with Crippen molar-refractivity contribution in [1.29, 1.82) is 0 Å². The number of carbonyl (C=O) groups is 3. The molecule has 0 spiro atoms. The first-order valence-corrected chi connectivity index (χ1v) is 12.6. The van der Waals surface area contributed by atoms with Gasteiger partial charge in [-0.15, -0.1) is 0 Å². The lowest BCUT2D eigenvalue weighted by Crippen LogP contribution is -2.52. The molecule has 1 heterocycles. The number of carbonyl (C=O) groups excluding carboxylic acids is 2. The number of benzene rings is 2. The third-order valence-corrected chi connectivity index (χ3v) is 6.93. The minimum absolute atomic E-state index is 0.0512. The Bertz CT molecular complexity index is 1020. The first kappa shape index (κ1) is 24.1. The van der Waals surface area contributed by atoms with Crippen LogP contribution in [0.15, 0.2) is 48.5 Å². The molecule has 3 atom stereocenters. The zero-order chi connectivity index (χ0) is 24.1. The molecule has 180 valence electrons. The van der Waals surface area contributed by atoms with E-state index in [-0.39, 0.29) is 25.7 Å². The number of rotatable bonds is 9. The van der Waals surface area contributed by atoms with Gasteiger partial charge in [-0.25, -0.2) is 4.79 Å². The van der Waals surface area contributed by atoms with Crippen molar-refractivity contribution in [2.75, 3.05) is 31.8 Å². The molecule has 2 amide bonds. The van der Waals surface area contributed by atoms with E-state index in [0.29, 0.717) is 12.2 Å². The molecule has 2 aromatic carbocycles. The van der Waals surface area contributed by atoms with Gasteiger partial charge in [-0.05, 0) is 40.7 Å². The number of fused-ring (bicyclic) bond motifs is 3. The van der Waals surface area contributed by atoms with Gasteiger partial charge in [0.2, 0.25) is 5.91 Å². The number of carboxylic acid groups (broad SMARTS) is 1. The SMILES string of the molecule is CSCC[C@H](NC(=O)OCC1c2ccccc2-c2ccccc21)C(=O)NC1COCC1C(=O)O. The number of aliphatic carboxylic acids is 1. The number of ether oxygens (including phenoxy) is 2. The second-order valence-corrected chi connectivity index (χ2v) is 9.39. The molecule has 34 heavy (non-hydrogen) atoms. The Morgan fingerprint density at radius 2 is 1.74 bits per heavy atom. The van der Waals surface area contributed by atoms with Crippen molar-refractivity contribution < 1.29 is 29.0 Å². The molecule has 0 bridgehead atoms. The topological polar surface area (TPSA) is 114 Å². The Balaban J connectivity index is 1.39. The molecule has 2 aromatic rings. The first-order chi connectivity index (χ1) is 16.5. The van der Waals surface area contributed by atoms with Gasteiger partial charge < -0.3 is 25.2 Å². The quantitative estimate of drug-likeness (QED) is 0.501. The van der Waals surface area contributed by atoms with Crippen LogP contribution in [0.4, 0.5) is 4.79 Å². The predicted octanol–water partition coefficient (Wildman–Crippen LogP) is 2.86. The van der Waals surface area contributed by atoms with Gasteiger partial charge in [0.25, 0.3) is 0 Å². The molecule has 1 aliphatic heterocycles. The first-order valence-electron chi connectivity index (χ1n) is 11.2. The van der Waals surface area contributed by atoms with E-state index in [2.05, 4.69) is 22.8 Å². The predicted molar refractivity (Wildman–Crippen MR) is 129 cm³/mol. The summed E-state index contributed by atoms with van der Waals surface area (Å²) >= 11 is 1.55. The van der Waals surface area contributed by atoms with E-state index in [1.807, 2.05) is 42.7 Å². The summed E-state index contributed by atoms with van der Waals surface area (Å²) in [5, 5.41) is 14.7. The number of carboxylic acids is 1. The van der Waals surface area contributed by atoms with E-state index in [1.54, 1.807) is 11.8 Å². The number of amides is 2. The van der Waals surface area contributed by atoms with Crippen LogP contribution in [0.1, 0.15) is 23.5 Å². The van der Waals surface area contributed by atoms with Crippen molar-refractivity contribution in [3.8, 4) is 11.1 Å². The van der Waals surface area contributed by atoms with Crippen molar-refractivity contribution in [2.24, 2.45) is 5.92 Å². The Labute approximate surface area is 202 Å². The monoisotopic (exact) mass is 484 g/mol. The van der Waals surface area contributed by atoms with Crippen molar-refractivity contribution in [2.45, 2.75) is 24.4 Å². The maximum Gasteiger partial charge on any atom is 0.407 e. The second-order valence-electron chi connectivity index (χ2n) is 8.40.